The van der Waals surface area contributed by atoms with Crippen LogP contribution >= 0.6 is 23.2 Å². The first-order chi connectivity index (χ1) is 10.1. The van der Waals surface area contributed by atoms with Crippen molar-refractivity contribution < 1.29 is 0 Å². The topological polar surface area (TPSA) is 25.8 Å². The normalized spacial score (nSPS) is 10.6. The van der Waals surface area contributed by atoms with E-state index in [0.717, 1.165) is 16.7 Å². The van der Waals surface area contributed by atoms with Gasteiger partial charge in [-0.2, -0.15) is 0 Å². The Balaban J connectivity index is 2.10. The summed E-state index contributed by atoms with van der Waals surface area (Å²) in [5, 5.41) is 0.677. The van der Waals surface area contributed by atoms with Gasteiger partial charge in [-0.25, -0.2) is 9.97 Å². The van der Waals surface area contributed by atoms with E-state index in [1.54, 1.807) is 0 Å². The third-order valence-electron chi connectivity index (χ3n) is 3.20. The lowest BCUT2D eigenvalue weighted by atomic mass is 10.0. The Kier molecular flexibility index (Phi) is 3.91. The van der Waals surface area contributed by atoms with E-state index in [1.165, 1.54) is 11.8 Å². The summed E-state index contributed by atoms with van der Waals surface area (Å²) in [4.78, 5) is 8.10. The van der Waals surface area contributed by atoms with E-state index in [-0.39, 0.29) is 5.28 Å². The third-order valence-corrected chi connectivity index (χ3v) is 3.66. The van der Waals surface area contributed by atoms with Gasteiger partial charge in [0.05, 0.1) is 16.9 Å². The molecule has 0 bridgehead atoms. The van der Waals surface area contributed by atoms with Crippen LogP contribution in [0.1, 0.15) is 5.56 Å². The van der Waals surface area contributed by atoms with Gasteiger partial charge in [0.1, 0.15) is 0 Å². The van der Waals surface area contributed by atoms with Crippen LogP contribution in [0.5, 0.6) is 0 Å². The number of nitrogens with zero attached hydrogens (tertiary/aromatic N) is 2. The fraction of sp³-hybridized carbons (Fsp3) is 0.0588. The molecule has 4 heteroatoms. The Morgan fingerprint density at radius 3 is 2.29 bits per heavy atom. The van der Waals surface area contributed by atoms with E-state index in [0.29, 0.717) is 10.7 Å². The van der Waals surface area contributed by atoms with Crippen LogP contribution < -0.4 is 0 Å². The SMILES string of the molecule is Cc1cccc(-c2cccc(-c3nc(Cl)ncc3Cl)c2)c1. The van der Waals surface area contributed by atoms with E-state index in [2.05, 4.69) is 47.2 Å². The summed E-state index contributed by atoms with van der Waals surface area (Å²) in [6, 6.07) is 16.4. The molecule has 21 heavy (non-hydrogen) atoms. The maximum absolute atomic E-state index is 6.17. The molecule has 0 unspecified atom stereocenters. The van der Waals surface area contributed by atoms with Crippen molar-refractivity contribution in [3.05, 3.63) is 70.6 Å². The monoisotopic (exact) mass is 314 g/mol. The summed E-state index contributed by atoms with van der Waals surface area (Å²) >= 11 is 12.0. The molecule has 0 radical (unpaired) electrons. The van der Waals surface area contributed by atoms with Crippen molar-refractivity contribution in [3.63, 3.8) is 0 Å². The molecule has 0 fully saturated rings. The fourth-order valence-electron chi connectivity index (χ4n) is 2.22. The summed E-state index contributed by atoms with van der Waals surface area (Å²) in [7, 11) is 0. The molecule has 0 aliphatic carbocycles. The lowest BCUT2D eigenvalue weighted by molar-refractivity contribution is 1.17. The number of halogens is 2. The second kappa shape index (κ2) is 5.84. The first-order valence-corrected chi connectivity index (χ1v) is 7.24. The Bertz CT molecular complexity index is 800. The number of rotatable bonds is 2. The summed E-state index contributed by atoms with van der Waals surface area (Å²) < 4.78 is 0. The van der Waals surface area contributed by atoms with E-state index in [9.17, 15) is 0 Å². The van der Waals surface area contributed by atoms with E-state index >= 15 is 0 Å². The molecule has 3 aromatic rings. The molecular weight excluding hydrogens is 303 g/mol. The van der Waals surface area contributed by atoms with Crippen LogP contribution in [0.3, 0.4) is 0 Å². The molecule has 0 aliphatic heterocycles. The molecule has 0 amide bonds. The largest absolute Gasteiger partial charge is 0.225 e. The summed E-state index contributed by atoms with van der Waals surface area (Å²) in [6.45, 7) is 2.08. The first kappa shape index (κ1) is 14.1. The van der Waals surface area contributed by atoms with Crippen molar-refractivity contribution in [2.45, 2.75) is 6.92 Å². The highest BCUT2D eigenvalue weighted by molar-refractivity contribution is 6.33. The van der Waals surface area contributed by atoms with Crippen LogP contribution in [-0.4, -0.2) is 9.97 Å². The second-order valence-corrected chi connectivity index (χ2v) is 5.53. The van der Waals surface area contributed by atoms with Gasteiger partial charge in [0, 0.05) is 5.56 Å². The molecule has 2 nitrogen and oxygen atoms in total. The van der Waals surface area contributed by atoms with E-state index < -0.39 is 0 Å². The van der Waals surface area contributed by atoms with Crippen LogP contribution in [-0.2, 0) is 0 Å². The Morgan fingerprint density at radius 1 is 0.857 bits per heavy atom. The minimum absolute atomic E-state index is 0.190. The molecule has 0 saturated heterocycles. The zero-order valence-corrected chi connectivity index (χ0v) is 12.9. The highest BCUT2D eigenvalue weighted by atomic mass is 35.5. The molecule has 3 rings (SSSR count). The van der Waals surface area contributed by atoms with E-state index in [4.69, 9.17) is 23.2 Å². The van der Waals surface area contributed by atoms with Gasteiger partial charge < -0.3 is 0 Å². The zero-order chi connectivity index (χ0) is 14.8. The van der Waals surface area contributed by atoms with Crippen molar-refractivity contribution >= 4 is 23.2 Å². The molecule has 104 valence electrons. The first-order valence-electron chi connectivity index (χ1n) is 6.49. The Hall–Kier alpha value is -1.90. The number of hydrogen-bond donors (Lipinski definition) is 0. The van der Waals surface area contributed by atoms with Gasteiger partial charge in [-0.3, -0.25) is 0 Å². The average Bonchev–Trinajstić information content (AvgIpc) is 2.50. The van der Waals surface area contributed by atoms with Crippen molar-refractivity contribution in [1.82, 2.24) is 9.97 Å². The molecule has 2 aromatic carbocycles. The van der Waals surface area contributed by atoms with Gasteiger partial charge in [0.25, 0.3) is 0 Å². The number of benzene rings is 2. The minimum atomic E-state index is 0.190. The van der Waals surface area contributed by atoms with Crippen LogP contribution in [0.4, 0.5) is 0 Å². The smallest absolute Gasteiger partial charge is 0.222 e. The molecule has 1 heterocycles. The predicted octanol–water partition coefficient (Wildman–Crippen LogP) is 5.43. The second-order valence-electron chi connectivity index (χ2n) is 4.79. The van der Waals surface area contributed by atoms with Crippen molar-refractivity contribution in [2.24, 2.45) is 0 Å². The van der Waals surface area contributed by atoms with Crippen molar-refractivity contribution in [1.29, 1.82) is 0 Å². The van der Waals surface area contributed by atoms with Gasteiger partial charge in [0.2, 0.25) is 5.28 Å². The molecule has 0 aliphatic rings. The van der Waals surface area contributed by atoms with Crippen LogP contribution in [0.25, 0.3) is 22.4 Å². The Morgan fingerprint density at radius 2 is 1.52 bits per heavy atom. The van der Waals surface area contributed by atoms with Gasteiger partial charge in [-0.05, 0) is 35.7 Å². The van der Waals surface area contributed by atoms with Crippen LogP contribution in [0.15, 0.2) is 54.7 Å². The van der Waals surface area contributed by atoms with Crippen molar-refractivity contribution in [3.8, 4) is 22.4 Å². The van der Waals surface area contributed by atoms with Gasteiger partial charge >= 0.3 is 0 Å². The predicted molar refractivity (Wildman–Crippen MR) is 87.7 cm³/mol. The summed E-state index contributed by atoms with van der Waals surface area (Å²) in [5.74, 6) is 0. The standard InChI is InChI=1S/C17H12Cl2N2/c1-11-4-2-5-12(8-11)13-6-3-7-14(9-13)16-15(18)10-20-17(19)21-16/h2-10H,1H3. The molecular formula is C17H12Cl2N2. The van der Waals surface area contributed by atoms with Gasteiger partial charge in [0.15, 0.2) is 0 Å². The zero-order valence-electron chi connectivity index (χ0n) is 11.3. The summed E-state index contributed by atoms with van der Waals surface area (Å²) in [5.41, 5.74) is 5.06. The van der Waals surface area contributed by atoms with Gasteiger partial charge in [-0.15, -0.1) is 0 Å². The number of hydrogen-bond acceptors (Lipinski definition) is 2. The lowest BCUT2D eigenvalue weighted by Gasteiger charge is -2.07. The quantitative estimate of drug-likeness (QED) is 0.590. The Labute approximate surface area is 133 Å². The highest BCUT2D eigenvalue weighted by Gasteiger charge is 2.08. The average molecular weight is 315 g/mol. The molecule has 1 aromatic heterocycles. The van der Waals surface area contributed by atoms with Crippen molar-refractivity contribution in [2.75, 3.05) is 0 Å². The molecule has 0 atom stereocenters. The molecule has 0 saturated carbocycles. The lowest BCUT2D eigenvalue weighted by Crippen LogP contribution is -1.89. The highest BCUT2D eigenvalue weighted by Crippen LogP contribution is 2.30. The molecule has 0 spiro atoms. The van der Waals surface area contributed by atoms with Crippen LogP contribution in [0.2, 0.25) is 10.3 Å². The fourth-order valence-corrected chi connectivity index (χ4v) is 2.55. The maximum atomic E-state index is 6.17. The van der Waals surface area contributed by atoms with Gasteiger partial charge in [-0.1, -0.05) is 59.6 Å². The minimum Gasteiger partial charge on any atom is -0.225 e. The van der Waals surface area contributed by atoms with Crippen LogP contribution in [0, 0.1) is 6.92 Å². The number of aromatic nitrogens is 2. The maximum Gasteiger partial charge on any atom is 0.222 e. The van der Waals surface area contributed by atoms with E-state index in [1.807, 2.05) is 18.2 Å². The number of aryl methyl sites for hydroxylation is 1. The third kappa shape index (κ3) is 3.07. The molecule has 0 N–H and O–H groups in total. The summed E-state index contributed by atoms with van der Waals surface area (Å²) in [6.07, 6.45) is 1.52.